The summed E-state index contributed by atoms with van der Waals surface area (Å²) in [5, 5.41) is 7.86. The lowest BCUT2D eigenvalue weighted by Crippen LogP contribution is -2.06. The van der Waals surface area contributed by atoms with Gasteiger partial charge in [0.05, 0.1) is 6.61 Å². The summed E-state index contributed by atoms with van der Waals surface area (Å²) in [6.07, 6.45) is 3.11. The summed E-state index contributed by atoms with van der Waals surface area (Å²) in [5.74, 6) is 1.83. The highest BCUT2D eigenvalue weighted by atomic mass is 35.5. The van der Waals surface area contributed by atoms with Crippen molar-refractivity contribution < 1.29 is 4.74 Å². The van der Waals surface area contributed by atoms with Crippen LogP contribution in [0.15, 0.2) is 36.5 Å². The fourth-order valence-corrected chi connectivity index (χ4v) is 1.93. The molecule has 0 bridgehead atoms. The van der Waals surface area contributed by atoms with Crippen molar-refractivity contribution in [2.24, 2.45) is 0 Å². The van der Waals surface area contributed by atoms with Crippen molar-refractivity contribution in [3.8, 4) is 5.75 Å². The van der Waals surface area contributed by atoms with E-state index in [1.807, 2.05) is 36.0 Å². The monoisotopic (exact) mass is 309 g/mol. The molecule has 4 nitrogen and oxygen atoms in total. The highest BCUT2D eigenvalue weighted by Gasteiger charge is 2.04. The molecule has 1 aromatic carbocycles. The Hall–Kier alpha value is -1.68. The summed E-state index contributed by atoms with van der Waals surface area (Å²) >= 11 is 0. The number of ether oxygens (including phenoxy) is 1. The second-order valence-electron chi connectivity index (χ2n) is 4.87. The first-order valence-electron chi connectivity index (χ1n) is 7.23. The summed E-state index contributed by atoms with van der Waals surface area (Å²) in [4.78, 5) is 0. The smallest absolute Gasteiger partial charge is 0.148 e. The predicted molar refractivity (Wildman–Crippen MR) is 89.4 cm³/mol. The summed E-state index contributed by atoms with van der Waals surface area (Å²) < 4.78 is 7.43. The molecular formula is C16H24ClN3O. The number of halogens is 1. The van der Waals surface area contributed by atoms with Crippen LogP contribution in [0, 0.1) is 0 Å². The van der Waals surface area contributed by atoms with Gasteiger partial charge < -0.3 is 10.1 Å². The molecule has 2 rings (SSSR count). The van der Waals surface area contributed by atoms with Crippen LogP contribution in [0.5, 0.6) is 5.75 Å². The Bertz CT molecular complexity index is 525. The second kappa shape index (κ2) is 8.57. The standard InChI is InChI=1S/C16H23N3O.ClH/c1-4-13(3)19-11-10-16(18-19)17-12-14-6-8-15(9-7-14)20-5-2;/h6-11,13H,4-5,12H2,1-3H3,(H,17,18);1H. The van der Waals surface area contributed by atoms with E-state index in [0.717, 1.165) is 24.5 Å². The minimum absolute atomic E-state index is 0. The van der Waals surface area contributed by atoms with Crippen LogP contribution in [0.1, 0.15) is 38.8 Å². The second-order valence-corrected chi connectivity index (χ2v) is 4.87. The summed E-state index contributed by atoms with van der Waals surface area (Å²) in [6, 6.07) is 10.6. The van der Waals surface area contributed by atoms with E-state index in [9.17, 15) is 0 Å². The molecule has 0 saturated heterocycles. The van der Waals surface area contributed by atoms with Crippen LogP contribution in [0.25, 0.3) is 0 Å². The number of rotatable bonds is 7. The van der Waals surface area contributed by atoms with E-state index in [4.69, 9.17) is 4.74 Å². The van der Waals surface area contributed by atoms with Crippen LogP contribution >= 0.6 is 12.4 Å². The van der Waals surface area contributed by atoms with Crippen LogP contribution in [-0.2, 0) is 6.54 Å². The fraction of sp³-hybridized carbons (Fsp3) is 0.438. The van der Waals surface area contributed by atoms with Crippen molar-refractivity contribution in [1.82, 2.24) is 9.78 Å². The first kappa shape index (κ1) is 17.4. The molecule has 1 aromatic heterocycles. The lowest BCUT2D eigenvalue weighted by atomic mass is 10.2. The SMILES string of the molecule is CCOc1ccc(CNc2ccn(C(C)CC)n2)cc1.Cl. The third kappa shape index (κ3) is 4.97. The number of anilines is 1. The van der Waals surface area contributed by atoms with Gasteiger partial charge >= 0.3 is 0 Å². The van der Waals surface area contributed by atoms with E-state index in [-0.39, 0.29) is 12.4 Å². The van der Waals surface area contributed by atoms with Crippen LogP contribution in [0.4, 0.5) is 5.82 Å². The van der Waals surface area contributed by atoms with Gasteiger partial charge in [-0.2, -0.15) is 5.10 Å². The van der Waals surface area contributed by atoms with Gasteiger partial charge in [0, 0.05) is 24.8 Å². The maximum Gasteiger partial charge on any atom is 0.148 e. The highest BCUT2D eigenvalue weighted by molar-refractivity contribution is 5.85. The average Bonchev–Trinajstić information content (AvgIpc) is 2.95. The van der Waals surface area contributed by atoms with Crippen molar-refractivity contribution in [2.75, 3.05) is 11.9 Å². The molecule has 116 valence electrons. The Morgan fingerprint density at radius 3 is 2.52 bits per heavy atom. The summed E-state index contributed by atoms with van der Waals surface area (Å²) in [5.41, 5.74) is 1.21. The molecule has 0 amide bonds. The molecule has 0 aliphatic carbocycles. The van der Waals surface area contributed by atoms with Crippen molar-refractivity contribution in [2.45, 2.75) is 39.8 Å². The third-order valence-corrected chi connectivity index (χ3v) is 3.36. The van der Waals surface area contributed by atoms with Crippen molar-refractivity contribution in [1.29, 1.82) is 0 Å². The lowest BCUT2D eigenvalue weighted by molar-refractivity contribution is 0.340. The zero-order chi connectivity index (χ0) is 14.4. The van der Waals surface area contributed by atoms with E-state index >= 15 is 0 Å². The van der Waals surface area contributed by atoms with Gasteiger partial charge in [-0.15, -0.1) is 12.4 Å². The van der Waals surface area contributed by atoms with E-state index in [0.29, 0.717) is 12.6 Å². The van der Waals surface area contributed by atoms with Crippen molar-refractivity contribution in [3.05, 3.63) is 42.1 Å². The van der Waals surface area contributed by atoms with Crippen LogP contribution in [0.3, 0.4) is 0 Å². The molecule has 0 radical (unpaired) electrons. The van der Waals surface area contributed by atoms with Gasteiger partial charge in [-0.25, -0.2) is 0 Å². The molecule has 0 fully saturated rings. The molecule has 0 aliphatic heterocycles. The topological polar surface area (TPSA) is 39.1 Å². The molecule has 0 saturated carbocycles. The number of nitrogens with zero attached hydrogens (tertiary/aromatic N) is 2. The van der Waals surface area contributed by atoms with Gasteiger partial charge in [0.15, 0.2) is 0 Å². The van der Waals surface area contributed by atoms with Crippen molar-refractivity contribution in [3.63, 3.8) is 0 Å². The maximum atomic E-state index is 5.43. The molecule has 21 heavy (non-hydrogen) atoms. The fourth-order valence-electron chi connectivity index (χ4n) is 1.93. The largest absolute Gasteiger partial charge is 0.494 e. The minimum Gasteiger partial charge on any atom is -0.494 e. The average molecular weight is 310 g/mol. The Balaban J connectivity index is 0.00000220. The molecule has 0 aliphatic rings. The normalized spacial score (nSPS) is 11.6. The third-order valence-electron chi connectivity index (χ3n) is 3.36. The lowest BCUT2D eigenvalue weighted by Gasteiger charge is -2.09. The molecule has 0 spiro atoms. The molecule has 2 aromatic rings. The number of benzene rings is 1. The van der Waals surface area contributed by atoms with Crippen LogP contribution < -0.4 is 10.1 Å². The van der Waals surface area contributed by atoms with E-state index in [1.165, 1.54) is 5.56 Å². The zero-order valence-electron chi connectivity index (χ0n) is 12.9. The molecule has 1 atom stereocenters. The Morgan fingerprint density at radius 1 is 1.19 bits per heavy atom. The number of aromatic nitrogens is 2. The van der Waals surface area contributed by atoms with Gasteiger partial charge in [0.25, 0.3) is 0 Å². The Labute approximate surface area is 132 Å². The number of nitrogens with one attached hydrogen (secondary N) is 1. The van der Waals surface area contributed by atoms with Crippen LogP contribution in [0.2, 0.25) is 0 Å². The Morgan fingerprint density at radius 2 is 1.90 bits per heavy atom. The quantitative estimate of drug-likeness (QED) is 0.829. The van der Waals surface area contributed by atoms with E-state index in [1.54, 1.807) is 0 Å². The summed E-state index contributed by atoms with van der Waals surface area (Å²) in [7, 11) is 0. The first-order valence-corrected chi connectivity index (χ1v) is 7.23. The number of hydrogen-bond donors (Lipinski definition) is 1. The maximum absolute atomic E-state index is 5.43. The summed E-state index contributed by atoms with van der Waals surface area (Å²) in [6.45, 7) is 7.79. The van der Waals surface area contributed by atoms with Gasteiger partial charge in [0.2, 0.25) is 0 Å². The van der Waals surface area contributed by atoms with E-state index in [2.05, 4.69) is 36.4 Å². The van der Waals surface area contributed by atoms with Crippen LogP contribution in [-0.4, -0.2) is 16.4 Å². The molecule has 1 heterocycles. The van der Waals surface area contributed by atoms with Crippen molar-refractivity contribution >= 4 is 18.2 Å². The van der Waals surface area contributed by atoms with Gasteiger partial charge in [0.1, 0.15) is 11.6 Å². The zero-order valence-corrected chi connectivity index (χ0v) is 13.7. The molecule has 1 unspecified atom stereocenters. The molecule has 1 N–H and O–H groups in total. The first-order chi connectivity index (χ1) is 9.72. The minimum atomic E-state index is 0. The molecule has 5 heteroatoms. The Kier molecular flexibility index (Phi) is 7.09. The van der Waals surface area contributed by atoms with E-state index < -0.39 is 0 Å². The van der Waals surface area contributed by atoms with Gasteiger partial charge in [-0.05, 0) is 38.0 Å². The highest BCUT2D eigenvalue weighted by Crippen LogP contribution is 2.15. The van der Waals surface area contributed by atoms with Gasteiger partial charge in [-0.1, -0.05) is 19.1 Å². The number of hydrogen-bond acceptors (Lipinski definition) is 3. The predicted octanol–water partition coefficient (Wildman–Crippen LogP) is 4.29. The molecular weight excluding hydrogens is 286 g/mol. The van der Waals surface area contributed by atoms with Gasteiger partial charge in [-0.3, -0.25) is 4.68 Å².